The van der Waals surface area contributed by atoms with Gasteiger partial charge in [-0.05, 0) is 44.2 Å². The fourth-order valence-corrected chi connectivity index (χ4v) is 3.27. The molecule has 1 aliphatic carbocycles. The van der Waals surface area contributed by atoms with Gasteiger partial charge in [0.15, 0.2) is 0 Å². The minimum Gasteiger partial charge on any atom is -0.348 e. The average molecular weight is 248 g/mol. The van der Waals surface area contributed by atoms with E-state index in [4.69, 9.17) is 0 Å². The number of fused-ring (bicyclic) bond motifs is 1. The second kappa shape index (κ2) is 4.72. The van der Waals surface area contributed by atoms with E-state index in [1.54, 1.807) is 17.1 Å². The lowest BCUT2D eigenvalue weighted by Crippen LogP contribution is -2.41. The van der Waals surface area contributed by atoms with E-state index in [-0.39, 0.29) is 5.91 Å². The number of imidazole rings is 1. The Morgan fingerprint density at radius 3 is 3.06 bits per heavy atom. The summed E-state index contributed by atoms with van der Waals surface area (Å²) in [6, 6.07) is 0.327. The molecule has 0 spiro atoms. The number of nitrogens with zero attached hydrogens (tertiary/aromatic N) is 2. The number of hydrogen-bond donors (Lipinski definition) is 2. The van der Waals surface area contributed by atoms with E-state index < -0.39 is 0 Å². The summed E-state index contributed by atoms with van der Waals surface area (Å²) in [5.74, 6) is 1.58. The van der Waals surface area contributed by atoms with Crippen LogP contribution in [0.3, 0.4) is 0 Å². The molecular weight excluding hydrogens is 228 g/mol. The van der Waals surface area contributed by atoms with Crippen molar-refractivity contribution in [2.75, 3.05) is 13.1 Å². The van der Waals surface area contributed by atoms with E-state index in [2.05, 4.69) is 15.6 Å². The van der Waals surface area contributed by atoms with Crippen molar-refractivity contribution in [3.05, 3.63) is 18.2 Å². The number of aryl methyl sites for hydroxylation is 1. The van der Waals surface area contributed by atoms with Crippen LogP contribution < -0.4 is 10.6 Å². The highest BCUT2D eigenvalue weighted by atomic mass is 16.2. The maximum Gasteiger partial charge on any atom is 0.269 e. The van der Waals surface area contributed by atoms with Crippen LogP contribution >= 0.6 is 0 Å². The number of aromatic nitrogens is 2. The van der Waals surface area contributed by atoms with Gasteiger partial charge in [0.2, 0.25) is 0 Å². The molecule has 1 aromatic heterocycles. The highest BCUT2D eigenvalue weighted by Crippen LogP contribution is 2.32. The van der Waals surface area contributed by atoms with Crippen molar-refractivity contribution in [1.29, 1.82) is 0 Å². The molecule has 3 rings (SSSR count). The predicted octanol–water partition coefficient (Wildman–Crippen LogP) is 0.538. The lowest BCUT2D eigenvalue weighted by molar-refractivity contribution is 0.0905. The van der Waals surface area contributed by atoms with E-state index in [1.165, 1.54) is 6.42 Å². The summed E-state index contributed by atoms with van der Waals surface area (Å²) >= 11 is 0. The third-order valence-corrected chi connectivity index (χ3v) is 4.34. The first-order valence-electron chi connectivity index (χ1n) is 6.72. The zero-order valence-corrected chi connectivity index (χ0v) is 10.7. The number of hydrogen-bond acceptors (Lipinski definition) is 3. The lowest BCUT2D eigenvalue weighted by Gasteiger charge is -2.31. The van der Waals surface area contributed by atoms with Gasteiger partial charge in [-0.15, -0.1) is 0 Å². The van der Waals surface area contributed by atoms with Crippen LogP contribution in [-0.4, -0.2) is 34.6 Å². The molecule has 0 bridgehead atoms. The van der Waals surface area contributed by atoms with Crippen LogP contribution in [0.25, 0.3) is 0 Å². The molecule has 2 heterocycles. The third-order valence-electron chi connectivity index (χ3n) is 4.34. The number of carbonyl (C=O) groups is 1. The molecule has 2 aliphatic rings. The van der Waals surface area contributed by atoms with Gasteiger partial charge in [0.05, 0.1) is 12.5 Å². The molecule has 1 aliphatic heterocycles. The minimum absolute atomic E-state index is 0.00408. The van der Waals surface area contributed by atoms with Gasteiger partial charge in [0.25, 0.3) is 5.91 Å². The van der Waals surface area contributed by atoms with Crippen LogP contribution in [0, 0.1) is 11.8 Å². The first kappa shape index (κ1) is 11.7. The van der Waals surface area contributed by atoms with E-state index in [0.717, 1.165) is 37.8 Å². The highest BCUT2D eigenvalue weighted by Gasteiger charge is 2.34. The Kier molecular flexibility index (Phi) is 3.07. The average Bonchev–Trinajstić information content (AvgIpc) is 2.96. The van der Waals surface area contributed by atoms with Crippen molar-refractivity contribution in [3.63, 3.8) is 0 Å². The Balaban J connectivity index is 1.60. The summed E-state index contributed by atoms with van der Waals surface area (Å²) in [5.41, 5.74) is 0.640. The van der Waals surface area contributed by atoms with Crippen LogP contribution in [0.15, 0.2) is 12.5 Å². The van der Waals surface area contributed by atoms with Gasteiger partial charge in [-0.3, -0.25) is 4.79 Å². The normalized spacial score (nSPS) is 31.1. The molecular formula is C13H20N4O. The largest absolute Gasteiger partial charge is 0.348 e. The van der Waals surface area contributed by atoms with E-state index >= 15 is 0 Å². The molecule has 0 radical (unpaired) electrons. The molecule has 1 aromatic rings. The SMILES string of the molecule is Cn1cncc1C(=O)NC1CC[C@H]2CNC[C@H]2C1. The number of nitrogens with one attached hydrogen (secondary N) is 2. The molecule has 2 fully saturated rings. The summed E-state index contributed by atoms with van der Waals surface area (Å²) in [7, 11) is 1.85. The first-order valence-corrected chi connectivity index (χ1v) is 6.72. The maximum absolute atomic E-state index is 12.1. The van der Waals surface area contributed by atoms with Gasteiger partial charge in [0.1, 0.15) is 5.69 Å². The van der Waals surface area contributed by atoms with Gasteiger partial charge in [0, 0.05) is 13.1 Å². The summed E-state index contributed by atoms with van der Waals surface area (Å²) in [5, 5.41) is 6.60. The third kappa shape index (κ3) is 2.14. The van der Waals surface area contributed by atoms with E-state index in [0.29, 0.717) is 11.7 Å². The number of rotatable bonds is 2. The van der Waals surface area contributed by atoms with Crippen LogP contribution in [0.5, 0.6) is 0 Å². The molecule has 0 aromatic carbocycles. The van der Waals surface area contributed by atoms with E-state index in [9.17, 15) is 4.79 Å². The number of carbonyl (C=O) groups excluding carboxylic acids is 1. The molecule has 1 amide bonds. The maximum atomic E-state index is 12.1. The molecule has 1 unspecified atom stereocenters. The number of amides is 1. The Morgan fingerprint density at radius 2 is 2.28 bits per heavy atom. The van der Waals surface area contributed by atoms with Crippen LogP contribution in [0.1, 0.15) is 29.8 Å². The fourth-order valence-electron chi connectivity index (χ4n) is 3.27. The lowest BCUT2D eigenvalue weighted by atomic mass is 9.79. The minimum atomic E-state index is 0.00408. The molecule has 18 heavy (non-hydrogen) atoms. The molecule has 1 saturated heterocycles. The fraction of sp³-hybridized carbons (Fsp3) is 0.692. The second-order valence-electron chi connectivity index (χ2n) is 5.55. The van der Waals surface area contributed by atoms with Crippen molar-refractivity contribution in [3.8, 4) is 0 Å². The van der Waals surface area contributed by atoms with Crippen molar-refractivity contribution in [2.24, 2.45) is 18.9 Å². The summed E-state index contributed by atoms with van der Waals surface area (Å²) < 4.78 is 1.76. The molecule has 98 valence electrons. The monoisotopic (exact) mass is 248 g/mol. The standard InChI is InChI=1S/C13H20N4O/c1-17-8-15-7-12(17)13(18)16-11-3-2-9-5-14-6-10(9)4-11/h7-11,14H,2-6H2,1H3,(H,16,18)/t9-,10+,11?/m0/s1. The van der Waals surface area contributed by atoms with Crippen molar-refractivity contribution >= 4 is 5.91 Å². The predicted molar refractivity (Wildman–Crippen MR) is 68.2 cm³/mol. The van der Waals surface area contributed by atoms with Crippen LogP contribution in [0.4, 0.5) is 0 Å². The highest BCUT2D eigenvalue weighted by molar-refractivity contribution is 5.92. The molecule has 3 atom stereocenters. The van der Waals surface area contributed by atoms with Crippen molar-refractivity contribution in [2.45, 2.75) is 25.3 Å². The molecule has 2 N–H and O–H groups in total. The second-order valence-corrected chi connectivity index (χ2v) is 5.55. The summed E-state index contributed by atoms with van der Waals surface area (Å²) in [6.07, 6.45) is 6.73. The van der Waals surface area contributed by atoms with Gasteiger partial charge >= 0.3 is 0 Å². The van der Waals surface area contributed by atoms with Gasteiger partial charge in [-0.1, -0.05) is 0 Å². The van der Waals surface area contributed by atoms with Crippen molar-refractivity contribution in [1.82, 2.24) is 20.2 Å². The summed E-state index contributed by atoms with van der Waals surface area (Å²) in [4.78, 5) is 16.1. The van der Waals surface area contributed by atoms with Crippen LogP contribution in [0.2, 0.25) is 0 Å². The smallest absolute Gasteiger partial charge is 0.269 e. The molecule has 5 heteroatoms. The quantitative estimate of drug-likeness (QED) is 0.803. The summed E-state index contributed by atoms with van der Waals surface area (Å²) in [6.45, 7) is 2.27. The Hall–Kier alpha value is -1.36. The zero-order valence-electron chi connectivity index (χ0n) is 10.7. The van der Waals surface area contributed by atoms with Crippen molar-refractivity contribution < 1.29 is 4.79 Å². The Bertz CT molecular complexity index is 442. The van der Waals surface area contributed by atoms with Crippen LogP contribution in [-0.2, 0) is 7.05 Å². The topological polar surface area (TPSA) is 59.0 Å². The van der Waals surface area contributed by atoms with Gasteiger partial charge in [-0.25, -0.2) is 4.98 Å². The Morgan fingerprint density at radius 1 is 1.44 bits per heavy atom. The zero-order chi connectivity index (χ0) is 12.5. The Labute approximate surface area is 107 Å². The van der Waals surface area contributed by atoms with Gasteiger partial charge < -0.3 is 15.2 Å². The first-order chi connectivity index (χ1) is 8.74. The molecule has 5 nitrogen and oxygen atoms in total. The van der Waals surface area contributed by atoms with Gasteiger partial charge in [-0.2, -0.15) is 0 Å². The van der Waals surface area contributed by atoms with E-state index in [1.807, 2.05) is 7.05 Å². The molecule has 1 saturated carbocycles.